The van der Waals surface area contributed by atoms with Crippen molar-refractivity contribution in [2.24, 2.45) is 5.92 Å². The first-order valence-corrected chi connectivity index (χ1v) is 9.41. The van der Waals surface area contributed by atoms with Crippen molar-refractivity contribution in [3.8, 4) is 0 Å². The minimum absolute atomic E-state index is 0.0746. The standard InChI is InChI=1S/C15H19ClFNO3S/c16-13-2-1-3-14(17)12(13)8-10-9-21-7-6-15(10)22(19,20)18-11-4-5-11/h1-3,10-11,15,18H,4-9H2/t10-,15-/m1/s1. The third kappa shape index (κ3) is 3.62. The molecule has 1 aliphatic heterocycles. The van der Waals surface area contributed by atoms with Gasteiger partial charge in [0, 0.05) is 29.2 Å². The van der Waals surface area contributed by atoms with Crippen molar-refractivity contribution >= 4 is 21.6 Å². The molecule has 0 radical (unpaired) electrons. The van der Waals surface area contributed by atoms with Gasteiger partial charge in [-0.2, -0.15) is 0 Å². The maximum Gasteiger partial charge on any atom is 0.215 e. The molecule has 3 rings (SSSR count). The average Bonchev–Trinajstić information content (AvgIpc) is 3.27. The van der Waals surface area contributed by atoms with E-state index in [9.17, 15) is 12.8 Å². The summed E-state index contributed by atoms with van der Waals surface area (Å²) in [6, 6.07) is 4.58. The Bertz CT molecular complexity index is 628. The minimum Gasteiger partial charge on any atom is -0.381 e. The highest BCUT2D eigenvalue weighted by Gasteiger charge is 2.39. The predicted molar refractivity (Wildman–Crippen MR) is 82.9 cm³/mol. The normalized spacial score (nSPS) is 26.1. The smallest absolute Gasteiger partial charge is 0.215 e. The van der Waals surface area contributed by atoms with Gasteiger partial charge in [-0.1, -0.05) is 17.7 Å². The van der Waals surface area contributed by atoms with Gasteiger partial charge in [-0.25, -0.2) is 17.5 Å². The van der Waals surface area contributed by atoms with Crippen molar-refractivity contribution < 1.29 is 17.5 Å². The quantitative estimate of drug-likeness (QED) is 0.890. The summed E-state index contributed by atoms with van der Waals surface area (Å²) in [5.74, 6) is -0.691. The molecular formula is C15H19ClFNO3S. The summed E-state index contributed by atoms with van der Waals surface area (Å²) in [4.78, 5) is 0. The lowest BCUT2D eigenvalue weighted by Gasteiger charge is -2.31. The van der Waals surface area contributed by atoms with E-state index in [1.807, 2.05) is 0 Å². The summed E-state index contributed by atoms with van der Waals surface area (Å²) in [7, 11) is -3.41. The lowest BCUT2D eigenvalue weighted by molar-refractivity contribution is 0.0567. The molecular weight excluding hydrogens is 329 g/mol. The lowest BCUT2D eigenvalue weighted by Crippen LogP contribution is -2.45. The van der Waals surface area contributed by atoms with Gasteiger partial charge in [0.2, 0.25) is 10.0 Å². The first-order valence-electron chi connectivity index (χ1n) is 7.49. The molecule has 1 N–H and O–H groups in total. The van der Waals surface area contributed by atoms with E-state index in [0.29, 0.717) is 30.2 Å². The molecule has 0 amide bonds. The number of hydrogen-bond acceptors (Lipinski definition) is 3. The second kappa shape index (κ2) is 6.43. The zero-order valence-corrected chi connectivity index (χ0v) is 13.7. The number of ether oxygens (including phenoxy) is 1. The first kappa shape index (κ1) is 16.2. The van der Waals surface area contributed by atoms with Gasteiger partial charge in [0.05, 0.1) is 11.9 Å². The number of nitrogens with one attached hydrogen (secondary N) is 1. The molecule has 0 spiro atoms. The monoisotopic (exact) mass is 347 g/mol. The number of hydrogen-bond donors (Lipinski definition) is 1. The Kier molecular flexibility index (Phi) is 4.73. The molecule has 2 fully saturated rings. The molecule has 22 heavy (non-hydrogen) atoms. The molecule has 1 aromatic rings. The maximum atomic E-state index is 14.0. The molecule has 1 saturated heterocycles. The van der Waals surface area contributed by atoms with Gasteiger partial charge in [0.1, 0.15) is 5.82 Å². The van der Waals surface area contributed by atoms with Crippen LogP contribution in [0, 0.1) is 11.7 Å². The molecule has 0 unspecified atom stereocenters. The van der Waals surface area contributed by atoms with Crippen LogP contribution < -0.4 is 4.72 Å². The van der Waals surface area contributed by atoms with Crippen molar-refractivity contribution in [3.63, 3.8) is 0 Å². The van der Waals surface area contributed by atoms with Crippen LogP contribution in [0.5, 0.6) is 0 Å². The van der Waals surface area contributed by atoms with Crippen molar-refractivity contribution in [2.45, 2.75) is 37.0 Å². The van der Waals surface area contributed by atoms with Crippen LogP contribution >= 0.6 is 11.6 Å². The van der Waals surface area contributed by atoms with Gasteiger partial charge >= 0.3 is 0 Å². The Labute approximate surface area is 135 Å². The topological polar surface area (TPSA) is 55.4 Å². The van der Waals surface area contributed by atoms with Crippen molar-refractivity contribution in [3.05, 3.63) is 34.6 Å². The molecule has 4 nitrogen and oxygen atoms in total. The predicted octanol–water partition coefficient (Wildman–Crippen LogP) is 2.51. The molecule has 2 aliphatic rings. The van der Waals surface area contributed by atoms with Gasteiger partial charge in [0.15, 0.2) is 0 Å². The molecule has 122 valence electrons. The highest BCUT2D eigenvalue weighted by Crippen LogP contribution is 2.30. The molecule has 1 heterocycles. The zero-order valence-electron chi connectivity index (χ0n) is 12.1. The maximum absolute atomic E-state index is 14.0. The second-order valence-electron chi connectivity index (χ2n) is 6.00. The van der Waals surface area contributed by atoms with Crippen LogP contribution in [0.3, 0.4) is 0 Å². The summed E-state index contributed by atoms with van der Waals surface area (Å²) in [5.41, 5.74) is 0.367. The Morgan fingerprint density at radius 1 is 1.32 bits per heavy atom. The van der Waals surface area contributed by atoms with E-state index in [4.69, 9.17) is 16.3 Å². The molecule has 0 bridgehead atoms. The van der Waals surface area contributed by atoms with E-state index >= 15 is 0 Å². The summed E-state index contributed by atoms with van der Waals surface area (Å²) in [6.45, 7) is 0.721. The molecule has 7 heteroatoms. The molecule has 1 aromatic carbocycles. The molecule has 2 atom stereocenters. The lowest BCUT2D eigenvalue weighted by atomic mass is 9.93. The number of halogens is 2. The van der Waals surface area contributed by atoms with Gasteiger partial charge in [-0.15, -0.1) is 0 Å². The average molecular weight is 348 g/mol. The molecule has 1 aliphatic carbocycles. The van der Waals surface area contributed by atoms with E-state index < -0.39 is 21.1 Å². The van der Waals surface area contributed by atoms with Crippen molar-refractivity contribution in [1.29, 1.82) is 0 Å². The van der Waals surface area contributed by atoms with Crippen LogP contribution in [-0.4, -0.2) is 32.9 Å². The van der Waals surface area contributed by atoms with Crippen LogP contribution in [0.1, 0.15) is 24.8 Å². The van der Waals surface area contributed by atoms with Gasteiger partial charge in [-0.3, -0.25) is 0 Å². The summed E-state index contributed by atoms with van der Waals surface area (Å²) in [5, 5.41) is -0.227. The largest absolute Gasteiger partial charge is 0.381 e. The van der Waals surface area contributed by atoms with E-state index in [2.05, 4.69) is 4.72 Å². The second-order valence-corrected chi connectivity index (χ2v) is 8.34. The first-order chi connectivity index (χ1) is 10.5. The van der Waals surface area contributed by atoms with Crippen LogP contribution in [0.2, 0.25) is 5.02 Å². The minimum atomic E-state index is -3.41. The third-order valence-electron chi connectivity index (χ3n) is 4.24. The van der Waals surface area contributed by atoms with Gasteiger partial charge in [0.25, 0.3) is 0 Å². The summed E-state index contributed by atoms with van der Waals surface area (Å²) in [6.07, 6.45) is 2.49. The highest BCUT2D eigenvalue weighted by molar-refractivity contribution is 7.90. The highest BCUT2D eigenvalue weighted by atomic mass is 35.5. The number of sulfonamides is 1. The fraction of sp³-hybridized carbons (Fsp3) is 0.600. The third-order valence-corrected chi connectivity index (χ3v) is 6.67. The van der Waals surface area contributed by atoms with E-state index in [1.165, 1.54) is 6.07 Å². The van der Waals surface area contributed by atoms with Crippen LogP contribution in [0.25, 0.3) is 0 Å². The van der Waals surface area contributed by atoms with Crippen LogP contribution in [0.15, 0.2) is 18.2 Å². The van der Waals surface area contributed by atoms with E-state index in [-0.39, 0.29) is 18.4 Å². The number of rotatable bonds is 5. The SMILES string of the molecule is O=S(=O)(NC1CC1)[C@@H]1CCOC[C@H]1Cc1c(F)cccc1Cl. The van der Waals surface area contributed by atoms with Gasteiger partial charge < -0.3 is 4.74 Å². The fourth-order valence-electron chi connectivity index (χ4n) is 2.89. The Morgan fingerprint density at radius 3 is 2.77 bits per heavy atom. The Morgan fingerprint density at radius 2 is 2.09 bits per heavy atom. The zero-order chi connectivity index (χ0) is 15.7. The van der Waals surface area contributed by atoms with Crippen LogP contribution in [-0.2, 0) is 21.2 Å². The summed E-state index contributed by atoms with van der Waals surface area (Å²) < 4.78 is 47.1. The van der Waals surface area contributed by atoms with E-state index in [1.54, 1.807) is 12.1 Å². The van der Waals surface area contributed by atoms with Crippen molar-refractivity contribution in [2.75, 3.05) is 13.2 Å². The number of benzene rings is 1. The Hall–Kier alpha value is -0.690. The van der Waals surface area contributed by atoms with Crippen LogP contribution in [0.4, 0.5) is 4.39 Å². The molecule has 1 saturated carbocycles. The van der Waals surface area contributed by atoms with E-state index in [0.717, 1.165) is 12.8 Å². The Balaban J connectivity index is 1.80. The van der Waals surface area contributed by atoms with Gasteiger partial charge in [-0.05, 0) is 37.8 Å². The summed E-state index contributed by atoms with van der Waals surface area (Å²) >= 11 is 6.06. The molecule has 0 aromatic heterocycles. The fourth-order valence-corrected chi connectivity index (χ4v) is 5.09. The van der Waals surface area contributed by atoms with Crippen molar-refractivity contribution in [1.82, 2.24) is 4.72 Å².